The van der Waals surface area contributed by atoms with Gasteiger partial charge in [0.2, 0.25) is 5.78 Å². The van der Waals surface area contributed by atoms with Crippen LogP contribution in [0.3, 0.4) is 0 Å². The van der Waals surface area contributed by atoms with Crippen LogP contribution in [0.4, 0.5) is 0 Å². The van der Waals surface area contributed by atoms with Gasteiger partial charge in [-0.3, -0.25) is 14.3 Å². The summed E-state index contributed by atoms with van der Waals surface area (Å²) in [5, 5.41) is 6.49. The first-order chi connectivity index (χ1) is 11.6. The minimum absolute atomic E-state index is 0.0960. The molecule has 24 heavy (non-hydrogen) atoms. The predicted octanol–water partition coefficient (Wildman–Crippen LogP) is 2.83. The maximum Gasteiger partial charge on any atom is 0.253 e. The first-order valence-corrected chi connectivity index (χ1v) is 8.60. The van der Waals surface area contributed by atoms with Crippen molar-refractivity contribution >= 4 is 5.78 Å². The molecule has 6 heteroatoms. The number of aromatic nitrogens is 2. The first-order valence-electron chi connectivity index (χ1n) is 8.60. The summed E-state index contributed by atoms with van der Waals surface area (Å²) in [6.45, 7) is 0. The SMILES string of the molecule is C1CCCCCCC1.CN/C=C/C(=O)c1nn(C)cc(OC)c1=O. The van der Waals surface area contributed by atoms with Crippen LogP contribution < -0.4 is 15.5 Å². The second-order valence-corrected chi connectivity index (χ2v) is 5.86. The molecule has 1 aliphatic rings. The van der Waals surface area contributed by atoms with Crippen LogP contribution in [0.2, 0.25) is 0 Å². The lowest BCUT2D eigenvalue weighted by Crippen LogP contribution is -2.21. The van der Waals surface area contributed by atoms with Crippen LogP contribution in [0.15, 0.2) is 23.3 Å². The number of ether oxygens (including phenoxy) is 1. The molecule has 0 bridgehead atoms. The molecule has 1 saturated carbocycles. The van der Waals surface area contributed by atoms with Gasteiger partial charge in [-0.25, -0.2) is 0 Å². The maximum absolute atomic E-state index is 11.7. The van der Waals surface area contributed by atoms with Crippen LogP contribution in [0.5, 0.6) is 5.75 Å². The summed E-state index contributed by atoms with van der Waals surface area (Å²) in [5.41, 5.74) is -0.667. The molecule has 6 nitrogen and oxygen atoms in total. The molecular weight excluding hydrogens is 306 g/mol. The van der Waals surface area contributed by atoms with Gasteiger partial charge in [0, 0.05) is 26.4 Å². The smallest absolute Gasteiger partial charge is 0.253 e. The molecule has 1 N–H and O–H groups in total. The average Bonchev–Trinajstić information content (AvgIpc) is 2.54. The highest BCUT2D eigenvalue weighted by molar-refractivity contribution is 6.02. The number of ketones is 1. The molecule has 0 aliphatic heterocycles. The summed E-state index contributed by atoms with van der Waals surface area (Å²) >= 11 is 0. The van der Waals surface area contributed by atoms with Crippen LogP contribution in [0.1, 0.15) is 61.9 Å². The van der Waals surface area contributed by atoms with E-state index in [2.05, 4.69) is 10.4 Å². The summed E-state index contributed by atoms with van der Waals surface area (Å²) in [7, 11) is 4.63. The molecule has 0 radical (unpaired) electrons. The number of aryl methyl sites for hydroxylation is 1. The van der Waals surface area contributed by atoms with Gasteiger partial charge in [0.25, 0.3) is 5.43 Å². The number of carbonyl (C=O) groups is 1. The van der Waals surface area contributed by atoms with E-state index < -0.39 is 11.2 Å². The standard InChI is InChI=1S/C10H13N3O3.C8H16/c1-11-5-4-7(14)9-10(15)8(16-3)6-13(2)12-9;1-2-4-6-8-7-5-3-1/h4-6,11H,1-3H3;1-8H2/b5-4+;. The van der Waals surface area contributed by atoms with Crippen molar-refractivity contribution in [2.75, 3.05) is 14.2 Å². The zero-order chi connectivity index (χ0) is 17.8. The molecule has 1 aliphatic carbocycles. The molecule has 0 unspecified atom stereocenters. The van der Waals surface area contributed by atoms with Gasteiger partial charge >= 0.3 is 0 Å². The van der Waals surface area contributed by atoms with Crippen molar-refractivity contribution in [1.82, 2.24) is 15.1 Å². The second-order valence-electron chi connectivity index (χ2n) is 5.86. The number of nitrogens with zero attached hydrogens (tertiary/aromatic N) is 2. The van der Waals surface area contributed by atoms with E-state index in [-0.39, 0.29) is 11.4 Å². The molecule has 1 aromatic rings. The number of nitrogens with one attached hydrogen (secondary N) is 1. The molecule has 0 spiro atoms. The van der Waals surface area contributed by atoms with Crippen molar-refractivity contribution in [3.63, 3.8) is 0 Å². The lowest BCUT2D eigenvalue weighted by Gasteiger charge is -2.05. The third-order valence-electron chi connectivity index (χ3n) is 3.86. The summed E-state index contributed by atoms with van der Waals surface area (Å²) < 4.78 is 6.22. The lowest BCUT2D eigenvalue weighted by atomic mass is 10.0. The highest BCUT2D eigenvalue weighted by Gasteiger charge is 2.14. The molecule has 1 fully saturated rings. The fourth-order valence-electron chi connectivity index (χ4n) is 2.54. The van der Waals surface area contributed by atoms with Crippen LogP contribution in [-0.4, -0.2) is 29.7 Å². The van der Waals surface area contributed by atoms with E-state index in [0.29, 0.717) is 0 Å². The molecule has 1 aromatic heterocycles. The van der Waals surface area contributed by atoms with E-state index in [4.69, 9.17) is 4.74 Å². The molecule has 2 rings (SSSR count). The minimum Gasteiger partial charge on any atom is -0.491 e. The van der Waals surface area contributed by atoms with Crippen molar-refractivity contribution in [2.45, 2.75) is 51.4 Å². The van der Waals surface area contributed by atoms with Gasteiger partial charge in [0.15, 0.2) is 11.4 Å². The van der Waals surface area contributed by atoms with Gasteiger partial charge in [-0.15, -0.1) is 0 Å². The van der Waals surface area contributed by atoms with Crippen LogP contribution in [-0.2, 0) is 7.05 Å². The highest BCUT2D eigenvalue weighted by Crippen LogP contribution is 2.15. The number of rotatable bonds is 4. The van der Waals surface area contributed by atoms with Gasteiger partial charge in [0.1, 0.15) is 0 Å². The number of carbonyl (C=O) groups excluding carboxylic acids is 1. The highest BCUT2D eigenvalue weighted by atomic mass is 16.5. The van der Waals surface area contributed by atoms with Crippen molar-refractivity contribution in [3.8, 4) is 5.75 Å². The molecule has 134 valence electrons. The lowest BCUT2D eigenvalue weighted by molar-refractivity contribution is 0.103. The summed E-state index contributed by atoms with van der Waals surface area (Å²) in [4.78, 5) is 23.3. The quantitative estimate of drug-likeness (QED) is 0.676. The van der Waals surface area contributed by atoms with Gasteiger partial charge in [-0.1, -0.05) is 51.4 Å². The van der Waals surface area contributed by atoms with E-state index >= 15 is 0 Å². The molecule has 0 saturated heterocycles. The van der Waals surface area contributed by atoms with Gasteiger partial charge in [-0.2, -0.15) is 5.10 Å². The monoisotopic (exact) mass is 335 g/mol. The number of hydrogen-bond acceptors (Lipinski definition) is 5. The van der Waals surface area contributed by atoms with Crippen LogP contribution >= 0.6 is 0 Å². The van der Waals surface area contributed by atoms with E-state index in [0.717, 1.165) is 0 Å². The molecule has 0 atom stereocenters. The third-order valence-corrected chi connectivity index (χ3v) is 3.86. The van der Waals surface area contributed by atoms with Crippen LogP contribution in [0, 0.1) is 0 Å². The number of allylic oxidation sites excluding steroid dienone is 1. The topological polar surface area (TPSA) is 73.2 Å². The average molecular weight is 335 g/mol. The van der Waals surface area contributed by atoms with Crippen molar-refractivity contribution in [2.24, 2.45) is 7.05 Å². The van der Waals surface area contributed by atoms with E-state index in [1.807, 2.05) is 0 Å². The van der Waals surface area contributed by atoms with Gasteiger partial charge in [-0.05, 0) is 0 Å². The Balaban J connectivity index is 0.000000300. The van der Waals surface area contributed by atoms with Crippen LogP contribution in [0.25, 0.3) is 0 Å². The number of methoxy groups -OCH3 is 1. The Labute approximate surface area is 143 Å². The Kier molecular flexibility index (Phi) is 9.49. The Hall–Kier alpha value is -2.11. The fraction of sp³-hybridized carbons (Fsp3) is 0.611. The predicted molar refractivity (Wildman–Crippen MR) is 95.5 cm³/mol. The summed E-state index contributed by atoms with van der Waals surface area (Å²) in [5.74, 6) is -0.368. The summed E-state index contributed by atoms with van der Waals surface area (Å²) in [6, 6.07) is 0. The fourth-order valence-corrected chi connectivity index (χ4v) is 2.54. The Morgan fingerprint density at radius 2 is 1.67 bits per heavy atom. The zero-order valence-corrected chi connectivity index (χ0v) is 15.0. The minimum atomic E-state index is -0.508. The maximum atomic E-state index is 11.7. The van der Waals surface area contributed by atoms with E-state index in [1.165, 1.54) is 81.6 Å². The first kappa shape index (κ1) is 19.9. The largest absolute Gasteiger partial charge is 0.491 e. The van der Waals surface area contributed by atoms with Crippen molar-refractivity contribution in [1.29, 1.82) is 0 Å². The Morgan fingerprint density at radius 1 is 1.17 bits per heavy atom. The molecule has 0 amide bonds. The van der Waals surface area contributed by atoms with E-state index in [1.54, 1.807) is 14.1 Å². The van der Waals surface area contributed by atoms with Crippen molar-refractivity contribution in [3.05, 3.63) is 34.4 Å². The Morgan fingerprint density at radius 3 is 2.08 bits per heavy atom. The Bertz CT molecular complexity index is 570. The summed E-state index contributed by atoms with van der Waals surface area (Å²) in [6.07, 6.45) is 16.1. The zero-order valence-electron chi connectivity index (χ0n) is 15.0. The van der Waals surface area contributed by atoms with E-state index in [9.17, 15) is 9.59 Å². The molecular formula is C18H29N3O3. The van der Waals surface area contributed by atoms with Gasteiger partial charge in [0.05, 0.1) is 13.3 Å². The second kappa shape index (κ2) is 11.4. The number of hydrogen-bond donors (Lipinski definition) is 1. The third kappa shape index (κ3) is 6.98. The van der Waals surface area contributed by atoms with Gasteiger partial charge < -0.3 is 10.1 Å². The van der Waals surface area contributed by atoms with Crippen molar-refractivity contribution < 1.29 is 9.53 Å². The molecule has 1 heterocycles. The normalized spacial score (nSPS) is 15.0. The molecule has 0 aromatic carbocycles.